The molecule has 0 spiro atoms. The Morgan fingerprint density at radius 1 is 1.05 bits per heavy atom. The fraction of sp³-hybridized carbons (Fsp3) is 0.357. The van der Waals surface area contributed by atoms with Gasteiger partial charge in [-0.05, 0) is 53.7 Å². The second kappa shape index (κ2) is 13.2. The molecule has 3 aromatic rings. The third kappa shape index (κ3) is 6.63. The van der Waals surface area contributed by atoms with Crippen LogP contribution in [0.3, 0.4) is 0 Å². The molecule has 1 aromatic heterocycles. The Morgan fingerprint density at radius 2 is 1.73 bits per heavy atom. The van der Waals surface area contributed by atoms with Gasteiger partial charge in [0, 0.05) is 32.4 Å². The number of hydrogen-bond acceptors (Lipinski definition) is 9. The zero-order valence-electron chi connectivity index (χ0n) is 23.6. The number of amides is 3. The lowest BCUT2D eigenvalue weighted by Crippen LogP contribution is -2.44. The summed E-state index contributed by atoms with van der Waals surface area (Å²) in [7, 11) is 6.78. The van der Waals surface area contributed by atoms with Crippen molar-refractivity contribution < 1.29 is 23.9 Å². The predicted octanol–water partition coefficient (Wildman–Crippen LogP) is 3.46. The molecule has 40 heavy (non-hydrogen) atoms. The lowest BCUT2D eigenvalue weighted by molar-refractivity contribution is -0.122. The summed E-state index contributed by atoms with van der Waals surface area (Å²) >= 11 is 0.738. The van der Waals surface area contributed by atoms with E-state index < -0.39 is 23.8 Å². The number of benzene rings is 2. The Bertz CT molecular complexity index is 1360. The number of carbonyl (C=O) groups is 3. The molecule has 0 fully saturated rings. The fourth-order valence-electron chi connectivity index (χ4n) is 4.04. The van der Waals surface area contributed by atoms with Gasteiger partial charge in [0.05, 0.1) is 25.6 Å². The number of ether oxygens (including phenoxy) is 2. The van der Waals surface area contributed by atoms with E-state index in [1.54, 1.807) is 30.3 Å². The van der Waals surface area contributed by atoms with Gasteiger partial charge in [-0.15, -0.1) is 0 Å². The first-order chi connectivity index (χ1) is 19.0. The molecule has 5 N–H and O–H groups in total. The van der Waals surface area contributed by atoms with Crippen LogP contribution in [0.25, 0.3) is 0 Å². The van der Waals surface area contributed by atoms with Crippen molar-refractivity contribution >= 4 is 46.3 Å². The highest BCUT2D eigenvalue weighted by atomic mass is 32.1. The van der Waals surface area contributed by atoms with Gasteiger partial charge < -0.3 is 31.2 Å². The third-order valence-electron chi connectivity index (χ3n) is 6.27. The molecule has 0 saturated carbocycles. The molecular formula is C28H36N6O5S. The van der Waals surface area contributed by atoms with Gasteiger partial charge >= 0.3 is 0 Å². The SMILES string of the molecule is COc1ccc(N(C(=O)c2snc(C(N)=O)c2N)[C@H](C(=O)NCCC(C)C)c2ccc(N(C)C)cc2)c(OC)c1. The van der Waals surface area contributed by atoms with Gasteiger partial charge in [-0.2, -0.15) is 4.37 Å². The van der Waals surface area contributed by atoms with E-state index in [-0.39, 0.29) is 22.0 Å². The Labute approximate surface area is 238 Å². The summed E-state index contributed by atoms with van der Waals surface area (Å²) in [4.78, 5) is 43.3. The van der Waals surface area contributed by atoms with Gasteiger partial charge in [0.15, 0.2) is 5.69 Å². The Morgan fingerprint density at radius 3 is 2.25 bits per heavy atom. The number of methoxy groups -OCH3 is 2. The van der Waals surface area contributed by atoms with E-state index in [0.29, 0.717) is 29.5 Å². The number of nitrogens with one attached hydrogen (secondary N) is 1. The summed E-state index contributed by atoms with van der Waals surface area (Å²) in [5.41, 5.74) is 13.0. The smallest absolute Gasteiger partial charge is 0.273 e. The molecular weight excluding hydrogens is 532 g/mol. The number of nitrogens with two attached hydrogens (primary N) is 2. The van der Waals surface area contributed by atoms with E-state index in [1.807, 2.05) is 31.1 Å². The van der Waals surface area contributed by atoms with Crippen LogP contribution in [0.1, 0.15) is 52.0 Å². The minimum Gasteiger partial charge on any atom is -0.497 e. The maximum absolute atomic E-state index is 14.3. The number of carbonyl (C=O) groups excluding carboxylic acids is 3. The molecule has 0 radical (unpaired) electrons. The van der Waals surface area contributed by atoms with Crippen molar-refractivity contribution in [1.29, 1.82) is 0 Å². The van der Waals surface area contributed by atoms with Crippen molar-refractivity contribution in [3.63, 3.8) is 0 Å². The predicted molar refractivity (Wildman–Crippen MR) is 157 cm³/mol. The number of rotatable bonds is 12. The van der Waals surface area contributed by atoms with Crippen molar-refractivity contribution in [2.45, 2.75) is 26.3 Å². The Hall–Kier alpha value is -4.32. The molecule has 11 nitrogen and oxygen atoms in total. The van der Waals surface area contributed by atoms with Crippen LogP contribution in [-0.2, 0) is 4.79 Å². The molecule has 0 aliphatic heterocycles. The summed E-state index contributed by atoms with van der Waals surface area (Å²) in [5.74, 6) is -0.759. The number of primary amides is 1. The van der Waals surface area contributed by atoms with Crippen LogP contribution in [0.5, 0.6) is 11.5 Å². The van der Waals surface area contributed by atoms with Gasteiger partial charge in [0.25, 0.3) is 11.8 Å². The van der Waals surface area contributed by atoms with Gasteiger partial charge in [-0.3, -0.25) is 19.3 Å². The quantitative estimate of drug-likeness (QED) is 0.300. The van der Waals surface area contributed by atoms with Gasteiger partial charge in [-0.1, -0.05) is 26.0 Å². The van der Waals surface area contributed by atoms with Crippen LogP contribution in [0.2, 0.25) is 0 Å². The van der Waals surface area contributed by atoms with Crippen LogP contribution in [0, 0.1) is 5.92 Å². The van der Waals surface area contributed by atoms with Crippen molar-refractivity contribution in [3.05, 3.63) is 58.6 Å². The summed E-state index contributed by atoms with van der Waals surface area (Å²) in [6.45, 7) is 4.54. The third-order valence-corrected chi connectivity index (χ3v) is 7.12. The number of nitrogen functional groups attached to an aromatic ring is 1. The maximum atomic E-state index is 14.3. The van der Waals surface area contributed by atoms with Crippen molar-refractivity contribution in [3.8, 4) is 11.5 Å². The highest BCUT2D eigenvalue weighted by Gasteiger charge is 2.37. The molecule has 0 aliphatic rings. The molecule has 0 aliphatic carbocycles. The molecule has 0 bridgehead atoms. The average Bonchev–Trinajstić information content (AvgIpc) is 3.32. The van der Waals surface area contributed by atoms with E-state index in [0.717, 1.165) is 23.6 Å². The fourth-order valence-corrected chi connectivity index (χ4v) is 4.78. The van der Waals surface area contributed by atoms with E-state index in [1.165, 1.54) is 19.1 Å². The van der Waals surface area contributed by atoms with Crippen molar-refractivity contribution in [2.75, 3.05) is 50.4 Å². The highest BCUT2D eigenvalue weighted by Crippen LogP contribution is 2.40. The number of anilines is 3. The largest absolute Gasteiger partial charge is 0.497 e. The number of aromatic nitrogens is 1. The lowest BCUT2D eigenvalue weighted by atomic mass is 10.0. The van der Waals surface area contributed by atoms with E-state index in [2.05, 4.69) is 23.5 Å². The molecule has 1 heterocycles. The minimum absolute atomic E-state index is 0.0310. The molecule has 0 unspecified atom stereocenters. The maximum Gasteiger partial charge on any atom is 0.273 e. The summed E-state index contributed by atoms with van der Waals surface area (Å²) in [5, 5.41) is 2.98. The zero-order valence-corrected chi connectivity index (χ0v) is 24.4. The second-order valence-corrected chi connectivity index (χ2v) is 10.5. The molecule has 1 atom stereocenters. The summed E-state index contributed by atoms with van der Waals surface area (Å²) in [6, 6.07) is 11.1. The molecule has 2 aromatic carbocycles. The first-order valence-corrected chi connectivity index (χ1v) is 13.4. The topological polar surface area (TPSA) is 153 Å². The first-order valence-electron chi connectivity index (χ1n) is 12.7. The van der Waals surface area contributed by atoms with E-state index in [4.69, 9.17) is 20.9 Å². The highest BCUT2D eigenvalue weighted by molar-refractivity contribution is 7.09. The van der Waals surface area contributed by atoms with E-state index >= 15 is 0 Å². The average molecular weight is 569 g/mol. The van der Waals surface area contributed by atoms with Crippen molar-refractivity contribution in [2.24, 2.45) is 11.7 Å². The molecule has 0 saturated heterocycles. The first kappa shape index (κ1) is 30.2. The normalized spacial score (nSPS) is 11.6. The van der Waals surface area contributed by atoms with Gasteiger partial charge in [0.1, 0.15) is 22.4 Å². The van der Waals surface area contributed by atoms with Crippen LogP contribution < -0.4 is 36.1 Å². The molecule has 3 rings (SSSR count). The summed E-state index contributed by atoms with van der Waals surface area (Å²) in [6.07, 6.45) is 0.752. The molecule has 214 valence electrons. The number of nitrogens with zero attached hydrogens (tertiary/aromatic N) is 3. The standard InChI is InChI=1S/C28H36N6O5S/c1-16(2)13-14-31-27(36)24(17-7-9-18(10-8-17)33(3)4)34(20-12-11-19(38-5)15-21(20)39-6)28(37)25-22(29)23(26(30)35)32-40-25/h7-12,15-16,24H,13-14,29H2,1-6H3,(H2,30,35)(H,31,36)/t24-/m0/s1. The van der Waals surface area contributed by atoms with E-state index in [9.17, 15) is 14.4 Å². The Balaban J connectivity index is 2.25. The Kier molecular flexibility index (Phi) is 9.94. The van der Waals surface area contributed by atoms with Gasteiger partial charge in [0.2, 0.25) is 5.91 Å². The monoisotopic (exact) mass is 568 g/mol. The van der Waals surface area contributed by atoms with Gasteiger partial charge in [-0.25, -0.2) is 0 Å². The zero-order chi connectivity index (χ0) is 29.6. The van der Waals surface area contributed by atoms with Crippen LogP contribution in [-0.4, -0.2) is 57.0 Å². The number of hydrogen-bond donors (Lipinski definition) is 3. The lowest BCUT2D eigenvalue weighted by Gasteiger charge is -2.32. The molecule has 3 amide bonds. The summed E-state index contributed by atoms with van der Waals surface area (Å²) < 4.78 is 15.0. The van der Waals surface area contributed by atoms with Crippen LogP contribution in [0.15, 0.2) is 42.5 Å². The second-order valence-electron chi connectivity index (χ2n) is 9.71. The molecule has 12 heteroatoms. The van der Waals surface area contributed by atoms with Crippen LogP contribution >= 0.6 is 11.5 Å². The minimum atomic E-state index is -1.13. The van der Waals surface area contributed by atoms with Crippen LogP contribution in [0.4, 0.5) is 17.1 Å². The van der Waals surface area contributed by atoms with Crippen molar-refractivity contribution in [1.82, 2.24) is 9.69 Å².